The zero-order chi connectivity index (χ0) is 26.3. The van der Waals surface area contributed by atoms with Crippen molar-refractivity contribution in [2.75, 3.05) is 25.1 Å². The molecule has 0 aromatic heterocycles. The van der Waals surface area contributed by atoms with Crippen LogP contribution in [0.1, 0.15) is 11.1 Å². The molecule has 0 unspecified atom stereocenters. The Labute approximate surface area is 206 Å². The standard InChI is InChI=1S/C24H22F3N3O5S/c1-34-21-13-6-8-17(23(21)35-2)15-28-29-22(31)16-30(36(32,33)20-11-4-3-5-12-20)19-10-7-9-18(14-19)24(25,26)27/h3-15H,16H2,1-2H3,(H,29,31)/b28-15-. The molecule has 3 rings (SSSR count). The van der Waals surface area contributed by atoms with Gasteiger partial charge in [-0.25, -0.2) is 13.8 Å². The molecule has 0 fully saturated rings. The van der Waals surface area contributed by atoms with Crippen LogP contribution in [0.5, 0.6) is 11.5 Å². The van der Waals surface area contributed by atoms with E-state index in [2.05, 4.69) is 10.5 Å². The summed E-state index contributed by atoms with van der Waals surface area (Å²) in [5, 5.41) is 3.82. The Bertz CT molecular complexity index is 1350. The second kappa shape index (κ2) is 11.1. The second-order valence-corrected chi connectivity index (χ2v) is 9.11. The van der Waals surface area contributed by atoms with E-state index >= 15 is 0 Å². The number of nitrogens with one attached hydrogen (secondary N) is 1. The summed E-state index contributed by atoms with van der Waals surface area (Å²) in [5.74, 6) is -0.0993. The Morgan fingerprint density at radius 1 is 1.00 bits per heavy atom. The molecule has 36 heavy (non-hydrogen) atoms. The van der Waals surface area contributed by atoms with Gasteiger partial charge in [-0.05, 0) is 42.5 Å². The third kappa shape index (κ3) is 6.13. The van der Waals surface area contributed by atoms with Crippen molar-refractivity contribution < 1.29 is 35.9 Å². The second-order valence-electron chi connectivity index (χ2n) is 7.25. The third-order valence-electron chi connectivity index (χ3n) is 4.91. The minimum absolute atomic E-state index is 0.195. The summed E-state index contributed by atoms with van der Waals surface area (Å²) in [5.41, 5.74) is 1.27. The number of carbonyl (C=O) groups excluding carboxylic acids is 1. The number of anilines is 1. The smallest absolute Gasteiger partial charge is 0.416 e. The SMILES string of the molecule is COc1cccc(/C=N\NC(=O)CN(c2cccc(C(F)(F)F)c2)S(=O)(=O)c2ccccc2)c1OC. The highest BCUT2D eigenvalue weighted by molar-refractivity contribution is 7.92. The normalized spacial score (nSPS) is 11.8. The van der Waals surface area contributed by atoms with Crippen LogP contribution in [0.25, 0.3) is 0 Å². The first-order chi connectivity index (χ1) is 17.1. The van der Waals surface area contributed by atoms with Gasteiger partial charge in [0.1, 0.15) is 6.54 Å². The Morgan fingerprint density at radius 2 is 1.69 bits per heavy atom. The van der Waals surface area contributed by atoms with Gasteiger partial charge in [0.05, 0.1) is 36.6 Å². The highest BCUT2D eigenvalue weighted by Gasteiger charge is 2.33. The number of rotatable bonds is 9. The van der Waals surface area contributed by atoms with Crippen LogP contribution in [0.2, 0.25) is 0 Å². The Morgan fingerprint density at radius 3 is 2.33 bits per heavy atom. The Hall–Kier alpha value is -4.06. The van der Waals surface area contributed by atoms with Gasteiger partial charge in [0.15, 0.2) is 11.5 Å². The molecule has 1 amide bonds. The average Bonchev–Trinajstić information content (AvgIpc) is 2.87. The molecule has 190 valence electrons. The maximum Gasteiger partial charge on any atom is 0.416 e. The van der Waals surface area contributed by atoms with Crippen LogP contribution in [-0.4, -0.2) is 41.3 Å². The van der Waals surface area contributed by atoms with Crippen molar-refractivity contribution in [3.63, 3.8) is 0 Å². The lowest BCUT2D eigenvalue weighted by Gasteiger charge is -2.24. The van der Waals surface area contributed by atoms with Gasteiger partial charge in [0.25, 0.3) is 15.9 Å². The molecule has 1 N–H and O–H groups in total. The number of methoxy groups -OCH3 is 2. The van der Waals surface area contributed by atoms with Crippen LogP contribution in [0.15, 0.2) is 82.8 Å². The molecule has 0 aliphatic heterocycles. The lowest BCUT2D eigenvalue weighted by Crippen LogP contribution is -2.39. The van der Waals surface area contributed by atoms with Gasteiger partial charge >= 0.3 is 6.18 Å². The van der Waals surface area contributed by atoms with Crippen molar-refractivity contribution >= 4 is 27.8 Å². The molecule has 0 bridgehead atoms. The fraction of sp³-hybridized carbons (Fsp3) is 0.167. The molecular formula is C24H22F3N3O5S. The first-order valence-corrected chi connectivity index (χ1v) is 11.8. The first kappa shape index (κ1) is 26.5. The van der Waals surface area contributed by atoms with E-state index in [1.165, 1.54) is 50.8 Å². The number of amides is 1. The van der Waals surface area contributed by atoms with E-state index < -0.39 is 34.2 Å². The van der Waals surface area contributed by atoms with Gasteiger partial charge < -0.3 is 9.47 Å². The van der Waals surface area contributed by atoms with E-state index in [0.717, 1.165) is 12.1 Å². The van der Waals surface area contributed by atoms with Crippen molar-refractivity contribution in [2.45, 2.75) is 11.1 Å². The van der Waals surface area contributed by atoms with Gasteiger partial charge in [-0.3, -0.25) is 9.10 Å². The number of para-hydroxylation sites is 1. The summed E-state index contributed by atoms with van der Waals surface area (Å²) >= 11 is 0. The lowest BCUT2D eigenvalue weighted by atomic mass is 10.2. The minimum atomic E-state index is -4.71. The van der Waals surface area contributed by atoms with Crippen molar-refractivity contribution in [2.24, 2.45) is 5.10 Å². The van der Waals surface area contributed by atoms with Gasteiger partial charge in [-0.1, -0.05) is 30.3 Å². The van der Waals surface area contributed by atoms with Crippen molar-refractivity contribution in [1.29, 1.82) is 0 Å². The van der Waals surface area contributed by atoms with E-state index in [-0.39, 0.29) is 10.6 Å². The maximum atomic E-state index is 13.3. The summed E-state index contributed by atoms with van der Waals surface area (Å²) in [7, 11) is -1.51. The van der Waals surface area contributed by atoms with Crippen molar-refractivity contribution in [3.8, 4) is 11.5 Å². The molecule has 3 aromatic carbocycles. The number of nitrogens with zero attached hydrogens (tertiary/aromatic N) is 2. The molecule has 0 heterocycles. The summed E-state index contributed by atoms with van der Waals surface area (Å²) in [6.07, 6.45) is -3.44. The molecule has 8 nitrogen and oxygen atoms in total. The molecule has 0 spiro atoms. The number of benzene rings is 3. The zero-order valence-corrected chi connectivity index (χ0v) is 20.0. The number of halogens is 3. The quantitative estimate of drug-likeness (QED) is 0.338. The molecule has 12 heteroatoms. The van der Waals surface area contributed by atoms with Crippen LogP contribution in [0.4, 0.5) is 18.9 Å². The molecule has 0 saturated heterocycles. The molecular weight excluding hydrogens is 499 g/mol. The summed E-state index contributed by atoms with van der Waals surface area (Å²) < 4.78 is 77.4. The number of ether oxygens (including phenoxy) is 2. The predicted molar refractivity (Wildman–Crippen MR) is 128 cm³/mol. The number of sulfonamides is 1. The number of carbonyl (C=O) groups is 1. The van der Waals surface area contributed by atoms with E-state index in [1.807, 2.05) is 0 Å². The molecule has 0 radical (unpaired) electrons. The predicted octanol–water partition coefficient (Wildman–Crippen LogP) is 4.07. The van der Waals surface area contributed by atoms with Crippen LogP contribution in [0, 0.1) is 0 Å². The van der Waals surface area contributed by atoms with Crippen LogP contribution in [-0.2, 0) is 21.0 Å². The average molecular weight is 522 g/mol. The number of hydrazone groups is 1. The van der Waals surface area contributed by atoms with Gasteiger partial charge in [-0.15, -0.1) is 0 Å². The number of hydrogen-bond acceptors (Lipinski definition) is 6. The van der Waals surface area contributed by atoms with Crippen molar-refractivity contribution in [1.82, 2.24) is 5.43 Å². The zero-order valence-electron chi connectivity index (χ0n) is 19.2. The Balaban J connectivity index is 1.90. The van der Waals surface area contributed by atoms with E-state index in [4.69, 9.17) is 9.47 Å². The van der Waals surface area contributed by atoms with Gasteiger partial charge in [0.2, 0.25) is 0 Å². The molecule has 0 aliphatic carbocycles. The highest BCUT2D eigenvalue weighted by Crippen LogP contribution is 2.33. The molecule has 0 atom stereocenters. The van der Waals surface area contributed by atoms with Crippen molar-refractivity contribution in [3.05, 3.63) is 83.9 Å². The highest BCUT2D eigenvalue weighted by atomic mass is 32.2. The molecule has 0 aliphatic rings. The third-order valence-corrected chi connectivity index (χ3v) is 6.69. The van der Waals surface area contributed by atoms with Crippen LogP contribution in [0.3, 0.4) is 0 Å². The fourth-order valence-corrected chi connectivity index (χ4v) is 4.66. The summed E-state index contributed by atoms with van der Waals surface area (Å²) in [6.45, 7) is -0.828. The topological polar surface area (TPSA) is 97.3 Å². The first-order valence-electron chi connectivity index (χ1n) is 10.4. The monoisotopic (exact) mass is 521 g/mol. The van der Waals surface area contributed by atoms with Gasteiger partial charge in [0, 0.05) is 5.56 Å². The maximum absolute atomic E-state index is 13.3. The number of alkyl halides is 3. The van der Waals surface area contributed by atoms with E-state index in [1.54, 1.807) is 24.3 Å². The largest absolute Gasteiger partial charge is 0.493 e. The molecule has 3 aromatic rings. The fourth-order valence-electron chi connectivity index (χ4n) is 3.23. The molecule has 0 saturated carbocycles. The van der Waals surface area contributed by atoms with Crippen LogP contribution >= 0.6 is 0 Å². The number of hydrogen-bond donors (Lipinski definition) is 1. The van der Waals surface area contributed by atoms with E-state index in [9.17, 15) is 26.4 Å². The lowest BCUT2D eigenvalue weighted by molar-refractivity contribution is -0.137. The summed E-state index contributed by atoms with van der Waals surface area (Å²) in [6, 6.07) is 15.8. The van der Waals surface area contributed by atoms with E-state index in [0.29, 0.717) is 27.4 Å². The summed E-state index contributed by atoms with van der Waals surface area (Å²) in [4.78, 5) is 12.5. The minimum Gasteiger partial charge on any atom is -0.493 e. The van der Waals surface area contributed by atoms with Crippen LogP contribution < -0.4 is 19.2 Å². The van der Waals surface area contributed by atoms with Gasteiger partial charge in [-0.2, -0.15) is 18.3 Å². The Kier molecular flexibility index (Phi) is 8.20.